The molecule has 0 aliphatic heterocycles. The molecule has 7 nitrogen and oxygen atoms in total. The number of carboxylic acid groups (broad SMARTS) is 2. The predicted octanol–water partition coefficient (Wildman–Crippen LogP) is 1.19. The molecule has 0 saturated carbocycles. The van der Waals surface area contributed by atoms with Gasteiger partial charge in [-0.1, -0.05) is 0 Å². The van der Waals surface area contributed by atoms with Crippen molar-refractivity contribution in [2.45, 2.75) is 25.1 Å². The molecule has 0 bridgehead atoms. The fourth-order valence-corrected chi connectivity index (χ4v) is 2.35. The molecule has 20 heavy (non-hydrogen) atoms. The molecule has 8 heteroatoms. The highest BCUT2D eigenvalue weighted by atomic mass is 32.2. The maximum Gasteiger partial charge on any atom is 0.371 e. The maximum atomic E-state index is 10.9. The van der Waals surface area contributed by atoms with Crippen LogP contribution in [0.3, 0.4) is 0 Å². The summed E-state index contributed by atoms with van der Waals surface area (Å²) in [5.74, 6) is -1.26. The van der Waals surface area contributed by atoms with Gasteiger partial charge in [0.15, 0.2) is 0 Å². The number of furan rings is 1. The first-order valence-corrected chi connectivity index (χ1v) is 6.95. The van der Waals surface area contributed by atoms with Crippen molar-refractivity contribution < 1.29 is 29.0 Å². The van der Waals surface area contributed by atoms with Crippen LogP contribution in [0, 0.1) is 0 Å². The minimum atomic E-state index is -1.13. The number of carbonyl (C=O) groups is 3. The molecule has 110 valence electrons. The van der Waals surface area contributed by atoms with Gasteiger partial charge in [-0.2, -0.15) is 11.8 Å². The number of aromatic carboxylic acids is 1. The number of hydrogen-bond acceptors (Lipinski definition) is 5. The number of carbonyl (C=O) groups excluding carboxylic acids is 1. The first-order chi connectivity index (χ1) is 9.40. The van der Waals surface area contributed by atoms with Crippen molar-refractivity contribution in [2.75, 3.05) is 5.75 Å². The van der Waals surface area contributed by atoms with Crippen molar-refractivity contribution in [3.63, 3.8) is 0 Å². The molecule has 0 saturated heterocycles. The first-order valence-electron chi connectivity index (χ1n) is 5.80. The summed E-state index contributed by atoms with van der Waals surface area (Å²) >= 11 is 1.40. The Morgan fingerprint density at radius 3 is 2.55 bits per heavy atom. The topological polar surface area (TPSA) is 117 Å². The van der Waals surface area contributed by atoms with Gasteiger partial charge in [-0.05, 0) is 24.3 Å². The number of amides is 1. The third kappa shape index (κ3) is 5.35. The van der Waals surface area contributed by atoms with E-state index in [1.54, 1.807) is 6.07 Å². The molecule has 0 aromatic carbocycles. The predicted molar refractivity (Wildman–Crippen MR) is 71.7 cm³/mol. The molecule has 1 atom stereocenters. The lowest BCUT2D eigenvalue weighted by Gasteiger charge is -2.12. The van der Waals surface area contributed by atoms with Crippen LogP contribution in [0.5, 0.6) is 0 Å². The van der Waals surface area contributed by atoms with Crippen LogP contribution in [0.1, 0.15) is 29.7 Å². The fraction of sp³-hybridized carbons (Fsp3) is 0.417. The van der Waals surface area contributed by atoms with Crippen molar-refractivity contribution in [1.82, 2.24) is 5.32 Å². The Bertz CT molecular complexity index is 498. The molecule has 1 aromatic rings. The second-order valence-corrected chi connectivity index (χ2v) is 5.11. The summed E-state index contributed by atoms with van der Waals surface area (Å²) in [6.07, 6.45) is 0.284. The number of carboxylic acids is 2. The number of rotatable bonds is 8. The van der Waals surface area contributed by atoms with Crippen LogP contribution in [0.15, 0.2) is 16.5 Å². The van der Waals surface area contributed by atoms with Crippen molar-refractivity contribution >= 4 is 29.6 Å². The lowest BCUT2D eigenvalue weighted by Crippen LogP contribution is -2.39. The van der Waals surface area contributed by atoms with Gasteiger partial charge in [-0.15, -0.1) is 0 Å². The molecular weight excluding hydrogens is 286 g/mol. The standard InChI is InChI=1S/C12H15NO6S/c1-7(14)13-9(11(15)16)4-5-20-6-8-2-3-10(19-8)12(17)18/h2-3,9H,4-6H2,1H3,(H,13,14)(H,15,16)(H,17,18). The highest BCUT2D eigenvalue weighted by molar-refractivity contribution is 7.98. The number of aliphatic carboxylic acids is 1. The normalized spacial score (nSPS) is 11.8. The summed E-state index contributed by atoms with van der Waals surface area (Å²) < 4.78 is 5.06. The minimum absolute atomic E-state index is 0.123. The van der Waals surface area contributed by atoms with Gasteiger partial charge in [0.1, 0.15) is 11.8 Å². The van der Waals surface area contributed by atoms with E-state index in [-0.39, 0.29) is 18.1 Å². The van der Waals surface area contributed by atoms with E-state index in [0.717, 1.165) is 0 Å². The molecule has 1 amide bonds. The van der Waals surface area contributed by atoms with E-state index in [9.17, 15) is 14.4 Å². The van der Waals surface area contributed by atoms with Crippen LogP contribution >= 0.6 is 11.8 Å². The van der Waals surface area contributed by atoms with Gasteiger partial charge in [0.25, 0.3) is 0 Å². The lowest BCUT2D eigenvalue weighted by atomic mass is 10.2. The van der Waals surface area contributed by atoms with E-state index >= 15 is 0 Å². The molecule has 0 aliphatic rings. The van der Waals surface area contributed by atoms with Crippen molar-refractivity contribution in [1.29, 1.82) is 0 Å². The van der Waals surface area contributed by atoms with Gasteiger partial charge in [-0.25, -0.2) is 9.59 Å². The highest BCUT2D eigenvalue weighted by Gasteiger charge is 2.17. The molecule has 0 radical (unpaired) electrons. The SMILES string of the molecule is CC(=O)NC(CCSCc1ccc(C(=O)O)o1)C(=O)O. The minimum Gasteiger partial charge on any atom is -0.480 e. The van der Waals surface area contributed by atoms with E-state index in [1.165, 1.54) is 24.8 Å². The molecule has 1 heterocycles. The summed E-state index contributed by atoms with van der Waals surface area (Å²) in [5.41, 5.74) is 0. The third-order valence-corrected chi connectivity index (χ3v) is 3.36. The average Bonchev–Trinajstić information content (AvgIpc) is 2.81. The van der Waals surface area contributed by atoms with E-state index in [4.69, 9.17) is 14.6 Å². The van der Waals surface area contributed by atoms with E-state index in [0.29, 0.717) is 17.3 Å². The molecule has 0 spiro atoms. The van der Waals surface area contributed by atoms with Crippen molar-refractivity contribution in [2.24, 2.45) is 0 Å². The fourth-order valence-electron chi connectivity index (χ4n) is 1.45. The number of nitrogens with one attached hydrogen (secondary N) is 1. The molecule has 1 aromatic heterocycles. The Labute approximate surface area is 119 Å². The van der Waals surface area contributed by atoms with Crippen LogP contribution in [-0.4, -0.2) is 39.9 Å². The summed E-state index contributed by atoms with van der Waals surface area (Å²) in [7, 11) is 0. The second kappa shape index (κ2) is 7.59. The van der Waals surface area contributed by atoms with E-state index in [2.05, 4.69) is 5.32 Å². The zero-order valence-electron chi connectivity index (χ0n) is 10.8. The Morgan fingerprint density at radius 1 is 1.35 bits per heavy atom. The molecule has 3 N–H and O–H groups in total. The molecule has 1 unspecified atom stereocenters. The first kappa shape index (κ1) is 16.1. The van der Waals surface area contributed by atoms with Gasteiger partial charge in [0.2, 0.25) is 11.7 Å². The Kier molecular flexibility index (Phi) is 6.10. The van der Waals surface area contributed by atoms with Crippen molar-refractivity contribution in [3.05, 3.63) is 23.7 Å². The second-order valence-electron chi connectivity index (χ2n) is 4.00. The Balaban J connectivity index is 2.34. The number of hydrogen-bond donors (Lipinski definition) is 3. The van der Waals surface area contributed by atoms with Gasteiger partial charge < -0.3 is 19.9 Å². The Hall–Kier alpha value is -1.96. The van der Waals surface area contributed by atoms with Crippen LogP contribution in [0.4, 0.5) is 0 Å². The molecule has 0 fully saturated rings. The average molecular weight is 301 g/mol. The van der Waals surface area contributed by atoms with Gasteiger partial charge in [0.05, 0.1) is 5.75 Å². The maximum absolute atomic E-state index is 10.9. The Morgan fingerprint density at radius 2 is 2.05 bits per heavy atom. The number of thioether (sulfide) groups is 1. The van der Waals surface area contributed by atoms with Gasteiger partial charge in [-0.3, -0.25) is 4.79 Å². The van der Waals surface area contributed by atoms with Gasteiger partial charge >= 0.3 is 11.9 Å². The van der Waals surface area contributed by atoms with E-state index < -0.39 is 18.0 Å². The molecular formula is C12H15NO6S. The zero-order chi connectivity index (χ0) is 15.1. The van der Waals surface area contributed by atoms with Crippen LogP contribution in [0.25, 0.3) is 0 Å². The van der Waals surface area contributed by atoms with Crippen molar-refractivity contribution in [3.8, 4) is 0 Å². The van der Waals surface area contributed by atoms with Gasteiger partial charge in [0, 0.05) is 6.92 Å². The highest BCUT2D eigenvalue weighted by Crippen LogP contribution is 2.16. The largest absolute Gasteiger partial charge is 0.480 e. The monoisotopic (exact) mass is 301 g/mol. The summed E-state index contributed by atoms with van der Waals surface area (Å²) in [6.45, 7) is 1.26. The van der Waals surface area contributed by atoms with Crippen LogP contribution in [0.2, 0.25) is 0 Å². The third-order valence-electron chi connectivity index (χ3n) is 2.34. The summed E-state index contributed by atoms with van der Waals surface area (Å²) in [4.78, 5) is 32.3. The molecule has 1 rings (SSSR count). The van der Waals surface area contributed by atoms with E-state index in [1.807, 2.05) is 0 Å². The lowest BCUT2D eigenvalue weighted by molar-refractivity contribution is -0.141. The van der Waals surface area contributed by atoms with Crippen LogP contribution in [-0.2, 0) is 15.3 Å². The van der Waals surface area contributed by atoms with Crippen LogP contribution < -0.4 is 5.32 Å². The summed E-state index contributed by atoms with van der Waals surface area (Å²) in [5, 5.41) is 19.9. The zero-order valence-corrected chi connectivity index (χ0v) is 11.6. The smallest absolute Gasteiger partial charge is 0.371 e. The summed E-state index contributed by atoms with van der Waals surface area (Å²) in [6, 6.07) is 2.03. The quantitative estimate of drug-likeness (QED) is 0.617. The molecule has 0 aliphatic carbocycles.